The molecule has 0 radical (unpaired) electrons. The first-order chi connectivity index (χ1) is 11.3. The lowest BCUT2D eigenvalue weighted by atomic mass is 10.2. The number of aromatic nitrogens is 4. The predicted molar refractivity (Wildman–Crippen MR) is 87.1 cm³/mol. The summed E-state index contributed by atoms with van der Waals surface area (Å²) < 4.78 is 7.44. The fraction of sp³-hybridized carbons (Fsp3) is 0.312. The minimum atomic E-state index is 0.148. The molecule has 2 aromatic heterocycles. The molecule has 3 aromatic rings. The van der Waals surface area contributed by atoms with Crippen molar-refractivity contribution < 1.29 is 9.84 Å². The molecular weight excluding hydrogens is 294 g/mol. The molecule has 7 heteroatoms. The molecule has 120 valence electrons. The van der Waals surface area contributed by atoms with Crippen LogP contribution in [0.5, 0.6) is 6.01 Å². The summed E-state index contributed by atoms with van der Waals surface area (Å²) in [6.07, 6.45) is 3.13. The highest BCUT2D eigenvalue weighted by molar-refractivity contribution is 5.81. The average Bonchev–Trinajstić information content (AvgIpc) is 2.96. The Morgan fingerprint density at radius 1 is 1.13 bits per heavy atom. The van der Waals surface area contributed by atoms with E-state index in [0.29, 0.717) is 36.6 Å². The van der Waals surface area contributed by atoms with Crippen molar-refractivity contribution in [2.75, 3.05) is 18.9 Å². The Morgan fingerprint density at radius 3 is 2.74 bits per heavy atom. The third-order valence-corrected chi connectivity index (χ3v) is 3.45. The van der Waals surface area contributed by atoms with Gasteiger partial charge in [-0.15, -0.1) is 0 Å². The number of nitrogens with zero attached hydrogens (tertiary/aromatic N) is 4. The van der Waals surface area contributed by atoms with Crippen molar-refractivity contribution >= 4 is 17.0 Å². The highest BCUT2D eigenvalue weighted by Gasteiger charge is 2.12. The van der Waals surface area contributed by atoms with Crippen molar-refractivity contribution in [2.45, 2.75) is 19.4 Å². The van der Waals surface area contributed by atoms with Gasteiger partial charge in [-0.05, 0) is 18.4 Å². The second-order valence-electron chi connectivity index (χ2n) is 5.20. The summed E-state index contributed by atoms with van der Waals surface area (Å²) in [5.74, 6) is 0.305. The molecule has 0 atom stereocenters. The van der Waals surface area contributed by atoms with E-state index in [1.165, 1.54) is 0 Å². The number of ether oxygens (including phenoxy) is 1. The van der Waals surface area contributed by atoms with Gasteiger partial charge < -0.3 is 20.1 Å². The highest BCUT2D eigenvalue weighted by Crippen LogP contribution is 2.20. The molecule has 0 aliphatic rings. The van der Waals surface area contributed by atoms with Crippen LogP contribution in [-0.2, 0) is 6.54 Å². The molecule has 0 saturated heterocycles. The molecular formula is C16H19N5O2. The number of rotatable bonds is 7. The molecule has 2 heterocycles. The summed E-state index contributed by atoms with van der Waals surface area (Å²) in [5, 5.41) is 8.78. The average molecular weight is 313 g/mol. The van der Waals surface area contributed by atoms with Gasteiger partial charge in [-0.25, -0.2) is 4.98 Å². The Hall–Kier alpha value is -2.67. The van der Waals surface area contributed by atoms with E-state index in [1.807, 2.05) is 34.9 Å². The Morgan fingerprint density at radius 2 is 1.96 bits per heavy atom. The van der Waals surface area contributed by atoms with Crippen LogP contribution in [0, 0.1) is 0 Å². The van der Waals surface area contributed by atoms with Crippen molar-refractivity contribution in [1.29, 1.82) is 0 Å². The van der Waals surface area contributed by atoms with Gasteiger partial charge in [-0.2, -0.15) is 9.97 Å². The van der Waals surface area contributed by atoms with E-state index in [-0.39, 0.29) is 12.6 Å². The summed E-state index contributed by atoms with van der Waals surface area (Å²) in [5.41, 5.74) is 8.32. The number of aliphatic hydroxyl groups excluding tert-OH is 1. The first-order valence-electron chi connectivity index (χ1n) is 7.54. The molecule has 0 fully saturated rings. The van der Waals surface area contributed by atoms with Crippen LogP contribution in [0.3, 0.4) is 0 Å². The van der Waals surface area contributed by atoms with E-state index >= 15 is 0 Å². The predicted octanol–water partition coefficient (Wildman–Crippen LogP) is 1.61. The monoisotopic (exact) mass is 313 g/mol. The lowest BCUT2D eigenvalue weighted by molar-refractivity contribution is 0.244. The molecule has 0 spiro atoms. The normalized spacial score (nSPS) is 11.0. The number of fused-ring (bicyclic) bond motifs is 1. The number of aliphatic hydroxyl groups is 1. The summed E-state index contributed by atoms with van der Waals surface area (Å²) in [7, 11) is 0. The number of nitrogens with two attached hydrogens (primary N) is 1. The third kappa shape index (κ3) is 3.57. The maximum absolute atomic E-state index is 8.78. The first-order valence-corrected chi connectivity index (χ1v) is 7.54. The van der Waals surface area contributed by atoms with Crippen LogP contribution in [-0.4, -0.2) is 37.8 Å². The minimum Gasteiger partial charge on any atom is -0.463 e. The van der Waals surface area contributed by atoms with Crippen molar-refractivity contribution in [3.05, 3.63) is 42.2 Å². The van der Waals surface area contributed by atoms with Gasteiger partial charge in [0.2, 0.25) is 0 Å². The van der Waals surface area contributed by atoms with Crippen molar-refractivity contribution in [1.82, 2.24) is 19.5 Å². The Kier molecular flexibility index (Phi) is 4.68. The number of unbranched alkanes of at least 4 members (excludes halogenated alkanes) is 1. The van der Waals surface area contributed by atoms with Crippen LogP contribution < -0.4 is 10.5 Å². The van der Waals surface area contributed by atoms with E-state index in [9.17, 15) is 0 Å². The van der Waals surface area contributed by atoms with Crippen LogP contribution in [0.2, 0.25) is 0 Å². The number of hydrogen-bond acceptors (Lipinski definition) is 6. The van der Waals surface area contributed by atoms with Gasteiger partial charge in [-0.1, -0.05) is 30.3 Å². The van der Waals surface area contributed by atoms with Crippen LogP contribution >= 0.6 is 0 Å². The molecule has 23 heavy (non-hydrogen) atoms. The smallest absolute Gasteiger partial charge is 0.320 e. The number of anilines is 1. The summed E-state index contributed by atoms with van der Waals surface area (Å²) >= 11 is 0. The Bertz CT molecular complexity index is 773. The standard InChI is InChI=1S/C16H19N5O2/c17-14-13-15(20-16(19-14)23-9-5-4-8-22)21(11-18-13)10-12-6-2-1-3-7-12/h1-3,6-7,11,22H,4-5,8-10H2,(H2,17,19,20). The van der Waals surface area contributed by atoms with Crippen molar-refractivity contribution in [3.63, 3.8) is 0 Å². The molecule has 3 N–H and O–H groups in total. The molecule has 0 aliphatic heterocycles. The van der Waals surface area contributed by atoms with Gasteiger partial charge in [0.15, 0.2) is 17.0 Å². The van der Waals surface area contributed by atoms with E-state index < -0.39 is 0 Å². The van der Waals surface area contributed by atoms with Gasteiger partial charge in [0.1, 0.15) is 0 Å². The number of imidazole rings is 1. The largest absolute Gasteiger partial charge is 0.463 e. The van der Waals surface area contributed by atoms with Gasteiger partial charge in [0.25, 0.3) is 0 Å². The van der Waals surface area contributed by atoms with Gasteiger partial charge >= 0.3 is 6.01 Å². The maximum atomic E-state index is 8.78. The summed E-state index contributed by atoms with van der Waals surface area (Å²) in [6, 6.07) is 10.3. The van der Waals surface area contributed by atoms with E-state index in [1.54, 1.807) is 6.33 Å². The van der Waals surface area contributed by atoms with Crippen LogP contribution in [0.4, 0.5) is 5.82 Å². The van der Waals surface area contributed by atoms with Gasteiger partial charge in [0, 0.05) is 6.61 Å². The van der Waals surface area contributed by atoms with Crippen molar-refractivity contribution in [2.24, 2.45) is 0 Å². The first kappa shape index (κ1) is 15.2. The molecule has 0 amide bonds. The van der Waals surface area contributed by atoms with E-state index in [2.05, 4.69) is 15.0 Å². The number of nitrogen functional groups attached to an aromatic ring is 1. The molecule has 0 unspecified atom stereocenters. The zero-order valence-electron chi connectivity index (χ0n) is 12.7. The third-order valence-electron chi connectivity index (χ3n) is 3.45. The fourth-order valence-corrected chi connectivity index (χ4v) is 2.28. The van der Waals surface area contributed by atoms with E-state index in [4.69, 9.17) is 15.6 Å². The summed E-state index contributed by atoms with van der Waals surface area (Å²) in [6.45, 7) is 1.24. The molecule has 3 rings (SSSR count). The molecule has 7 nitrogen and oxygen atoms in total. The zero-order valence-corrected chi connectivity index (χ0v) is 12.7. The van der Waals surface area contributed by atoms with Crippen LogP contribution in [0.15, 0.2) is 36.7 Å². The number of benzene rings is 1. The topological polar surface area (TPSA) is 99.1 Å². The minimum absolute atomic E-state index is 0.148. The van der Waals surface area contributed by atoms with Crippen LogP contribution in [0.25, 0.3) is 11.2 Å². The second kappa shape index (κ2) is 7.06. The molecule has 0 aliphatic carbocycles. The maximum Gasteiger partial charge on any atom is 0.320 e. The summed E-state index contributed by atoms with van der Waals surface area (Å²) in [4.78, 5) is 12.8. The second-order valence-corrected chi connectivity index (χ2v) is 5.20. The van der Waals surface area contributed by atoms with Crippen LogP contribution in [0.1, 0.15) is 18.4 Å². The lowest BCUT2D eigenvalue weighted by Gasteiger charge is -2.07. The zero-order chi connectivity index (χ0) is 16.1. The molecule has 1 aromatic carbocycles. The fourth-order valence-electron chi connectivity index (χ4n) is 2.28. The van der Waals surface area contributed by atoms with Gasteiger partial charge in [0.05, 0.1) is 19.5 Å². The van der Waals surface area contributed by atoms with Gasteiger partial charge in [-0.3, -0.25) is 0 Å². The molecule has 0 bridgehead atoms. The van der Waals surface area contributed by atoms with Crippen molar-refractivity contribution in [3.8, 4) is 6.01 Å². The quantitative estimate of drug-likeness (QED) is 0.643. The highest BCUT2D eigenvalue weighted by atomic mass is 16.5. The molecule has 0 saturated carbocycles. The Labute approximate surface area is 133 Å². The Balaban J connectivity index is 1.83. The number of hydrogen-bond donors (Lipinski definition) is 2. The van der Waals surface area contributed by atoms with E-state index in [0.717, 1.165) is 12.0 Å². The SMILES string of the molecule is Nc1nc(OCCCCO)nc2c1ncn2Cc1ccccc1. The lowest BCUT2D eigenvalue weighted by Crippen LogP contribution is -2.06.